The van der Waals surface area contributed by atoms with Crippen LogP contribution in [0.5, 0.6) is 0 Å². The monoisotopic (exact) mass is 1020 g/mol. The Morgan fingerprint density at radius 2 is 0.385 bits per heavy atom. The molecule has 0 fully saturated rings. The summed E-state index contributed by atoms with van der Waals surface area (Å²) in [5.74, 6) is -0.121. The minimum absolute atomic E-state index is 0.0607. The molecule has 0 amide bonds. The third-order valence-corrected chi connectivity index (χ3v) is 24.2. The quantitative estimate of drug-likeness (QED) is 0.0450. The zero-order chi connectivity index (χ0) is 47.3. The molecule has 0 saturated heterocycles. The molecule has 0 saturated carbocycles. The molecule has 0 bridgehead atoms. The van der Waals surface area contributed by atoms with Crippen molar-refractivity contribution in [2.45, 2.75) is 370 Å². The van der Waals surface area contributed by atoms with Crippen molar-refractivity contribution < 1.29 is 15.7 Å². The molecule has 0 rings (SSSR count). The molecule has 388 valence electrons. The third-order valence-electron chi connectivity index (χ3n) is 14.4. The van der Waals surface area contributed by atoms with Crippen LogP contribution in [0, 0.1) is 0 Å². The van der Waals surface area contributed by atoms with Crippen molar-refractivity contribution in [1.29, 1.82) is 0 Å². The first-order chi connectivity index (χ1) is 32.0. The van der Waals surface area contributed by atoms with E-state index in [0.29, 0.717) is 12.8 Å². The Labute approximate surface area is 415 Å². The Morgan fingerprint density at radius 1 is 0.231 bits per heavy atom. The molecule has 0 aromatic rings. The molecule has 0 aliphatic heterocycles. The van der Waals surface area contributed by atoms with Gasteiger partial charge in [0.15, 0.2) is 0 Å². The molecule has 0 aliphatic rings. The molecule has 0 N–H and O–H groups in total. The summed E-state index contributed by atoms with van der Waals surface area (Å²) >= 11 is -4.00. The predicted octanol–water partition coefficient (Wildman–Crippen LogP) is 21.9. The molecule has 0 unspecified atom stereocenters. The molecule has 0 aliphatic carbocycles. The number of hydrogen-bond acceptors (Lipinski definition) is 4. The summed E-state index contributed by atoms with van der Waals surface area (Å²) in [6.07, 6.45) is 66.3. The standard InChI is InChI=1S/2C18H36O2.2C12H25.Sn/c2*1-2-3-4-5-6-7-8-9-10-11-12-13-14-15-16-17-18(19)20;2*1-3-5-7-9-11-12-10-8-6-4-2;/h2*2-17H2,1H3,(H,19,20);2*1,3-12H2,2H3;/q;;;;+2/p-2. The second-order valence-corrected chi connectivity index (χ2v) is 30.3. The van der Waals surface area contributed by atoms with Crippen LogP contribution in [-0.4, -0.2) is 31.1 Å². The van der Waals surface area contributed by atoms with E-state index in [4.69, 9.17) is 6.15 Å². The normalized spacial score (nSPS) is 11.8. The van der Waals surface area contributed by atoms with Crippen LogP contribution in [0.25, 0.3) is 0 Å². The predicted molar refractivity (Wildman–Crippen MR) is 290 cm³/mol. The first-order valence-corrected chi connectivity index (χ1v) is 36.8. The van der Waals surface area contributed by atoms with Crippen molar-refractivity contribution in [3.63, 3.8) is 0 Å². The van der Waals surface area contributed by atoms with E-state index in [2.05, 4.69) is 27.7 Å². The van der Waals surface area contributed by atoms with Crippen molar-refractivity contribution in [2.75, 3.05) is 0 Å². The fourth-order valence-corrected chi connectivity index (χ4v) is 19.4. The Balaban J connectivity index is 5.06. The van der Waals surface area contributed by atoms with Gasteiger partial charge in [0.1, 0.15) is 0 Å². The van der Waals surface area contributed by atoms with Crippen LogP contribution in [0.15, 0.2) is 0 Å². The van der Waals surface area contributed by atoms with Gasteiger partial charge in [-0.25, -0.2) is 0 Å². The third kappa shape index (κ3) is 50.0. The molecule has 65 heavy (non-hydrogen) atoms. The van der Waals surface area contributed by atoms with Crippen LogP contribution in [-0.2, 0) is 15.7 Å². The van der Waals surface area contributed by atoms with Crippen LogP contribution in [0.3, 0.4) is 0 Å². The van der Waals surface area contributed by atoms with E-state index in [1.165, 1.54) is 283 Å². The van der Waals surface area contributed by atoms with E-state index in [1.807, 2.05) is 0 Å². The van der Waals surface area contributed by atoms with E-state index in [0.717, 1.165) is 47.4 Å². The molecular formula is C60H120O4Sn. The van der Waals surface area contributed by atoms with Gasteiger partial charge in [-0.05, 0) is 0 Å². The summed E-state index contributed by atoms with van der Waals surface area (Å²) in [5, 5.41) is 0. The molecular weight excluding hydrogens is 903 g/mol. The fraction of sp³-hybridized carbons (Fsp3) is 0.967. The number of carbonyl (C=O) groups excluding carboxylic acids is 2. The van der Waals surface area contributed by atoms with Gasteiger partial charge < -0.3 is 0 Å². The van der Waals surface area contributed by atoms with E-state index in [-0.39, 0.29) is 11.9 Å². The van der Waals surface area contributed by atoms with Crippen molar-refractivity contribution >= 4 is 31.1 Å². The maximum atomic E-state index is 13.7. The summed E-state index contributed by atoms with van der Waals surface area (Å²) in [7, 11) is 0. The number of rotatable bonds is 56. The Hall–Kier alpha value is -0.261. The van der Waals surface area contributed by atoms with Gasteiger partial charge in [-0.3, -0.25) is 0 Å². The van der Waals surface area contributed by atoms with Crippen LogP contribution in [0.1, 0.15) is 362 Å². The van der Waals surface area contributed by atoms with Crippen molar-refractivity contribution in [2.24, 2.45) is 0 Å². The molecule has 4 nitrogen and oxygen atoms in total. The zero-order valence-corrected chi connectivity index (χ0v) is 48.2. The first kappa shape index (κ1) is 64.7. The maximum absolute atomic E-state index is 13.7. The second-order valence-electron chi connectivity index (χ2n) is 21.1. The number of hydrogen-bond donors (Lipinski definition) is 0. The molecule has 0 aromatic carbocycles. The van der Waals surface area contributed by atoms with E-state index in [1.54, 1.807) is 0 Å². The van der Waals surface area contributed by atoms with Crippen LogP contribution in [0.2, 0.25) is 8.87 Å². The smallest absolute Gasteiger partial charge is 0.0654 e. The van der Waals surface area contributed by atoms with E-state index in [9.17, 15) is 9.59 Å². The van der Waals surface area contributed by atoms with E-state index < -0.39 is 19.2 Å². The molecule has 0 aromatic heterocycles. The molecule has 5 heteroatoms. The number of carbonyl (C=O) groups is 2. The summed E-state index contributed by atoms with van der Waals surface area (Å²) in [5.41, 5.74) is 0. The zero-order valence-electron chi connectivity index (χ0n) is 45.3. The topological polar surface area (TPSA) is 52.6 Å². The van der Waals surface area contributed by atoms with Gasteiger partial charge in [0.2, 0.25) is 0 Å². The van der Waals surface area contributed by atoms with Crippen LogP contribution in [0.4, 0.5) is 0 Å². The molecule has 0 heterocycles. The average molecular weight is 1020 g/mol. The van der Waals surface area contributed by atoms with Gasteiger partial charge >= 0.3 is 326 Å². The summed E-state index contributed by atoms with van der Waals surface area (Å²) in [6, 6.07) is 0. The van der Waals surface area contributed by atoms with Crippen LogP contribution < -0.4 is 0 Å². The van der Waals surface area contributed by atoms with Gasteiger partial charge in [0.05, 0.1) is 0 Å². The fourth-order valence-electron chi connectivity index (χ4n) is 9.91. The summed E-state index contributed by atoms with van der Waals surface area (Å²) in [4.78, 5) is 27.4. The van der Waals surface area contributed by atoms with Gasteiger partial charge in [0, 0.05) is 0 Å². The van der Waals surface area contributed by atoms with E-state index >= 15 is 0 Å². The Morgan fingerprint density at radius 3 is 0.569 bits per heavy atom. The SMILES string of the molecule is CCCCCCCCCCCCCCCCCC(=O)[O][Sn]([CH2]CCCCCCCCCCC)([CH2]CCCCCCCCCCC)[O]C(=O)CCCCCCCCCCCCCCCCC. The molecule has 0 spiro atoms. The van der Waals surface area contributed by atoms with Crippen molar-refractivity contribution in [3.05, 3.63) is 0 Å². The number of unbranched alkanes of at least 4 members (excludes halogenated alkanes) is 46. The Bertz CT molecular complexity index is 864. The second kappa shape index (κ2) is 54.7. The van der Waals surface area contributed by atoms with Gasteiger partial charge in [-0.2, -0.15) is 0 Å². The summed E-state index contributed by atoms with van der Waals surface area (Å²) < 4.78 is 15.0. The van der Waals surface area contributed by atoms with Crippen LogP contribution >= 0.6 is 0 Å². The average Bonchev–Trinajstić information content (AvgIpc) is 3.30. The van der Waals surface area contributed by atoms with Crippen molar-refractivity contribution in [3.8, 4) is 0 Å². The minimum atomic E-state index is -4.00. The van der Waals surface area contributed by atoms with Crippen molar-refractivity contribution in [1.82, 2.24) is 0 Å². The Kier molecular flexibility index (Phi) is 54.5. The summed E-state index contributed by atoms with van der Waals surface area (Å²) in [6.45, 7) is 9.17. The first-order valence-electron chi connectivity index (χ1n) is 30.5. The van der Waals surface area contributed by atoms with Gasteiger partial charge in [-0.15, -0.1) is 0 Å². The van der Waals surface area contributed by atoms with Gasteiger partial charge in [-0.1, -0.05) is 90.9 Å². The van der Waals surface area contributed by atoms with Gasteiger partial charge in [0.25, 0.3) is 0 Å². The molecule has 0 radical (unpaired) electrons. The minimum Gasteiger partial charge on any atom is -0.0654 e. The molecule has 0 atom stereocenters.